The lowest BCUT2D eigenvalue weighted by Gasteiger charge is -2.32. The van der Waals surface area contributed by atoms with Gasteiger partial charge in [-0.05, 0) is 36.8 Å². The lowest BCUT2D eigenvalue weighted by atomic mass is 9.86. The Balaban J connectivity index is 1.84. The maximum atomic E-state index is 13.0. The van der Waals surface area contributed by atoms with Gasteiger partial charge in [0.25, 0.3) is 0 Å². The molecule has 3 rings (SSSR count). The van der Waals surface area contributed by atoms with Gasteiger partial charge in [0.2, 0.25) is 10.0 Å². The van der Waals surface area contributed by atoms with E-state index in [2.05, 4.69) is 28.1 Å². The smallest absolute Gasteiger partial charge is 0.212 e. The van der Waals surface area contributed by atoms with Crippen LogP contribution in [0.3, 0.4) is 0 Å². The number of fused-ring (bicyclic) bond motifs is 1. The summed E-state index contributed by atoms with van der Waals surface area (Å²) in [5.74, 6) is -0.0955. The molecule has 2 aliphatic carbocycles. The molecule has 0 bridgehead atoms. The van der Waals surface area contributed by atoms with Crippen molar-refractivity contribution in [3.8, 4) is 6.07 Å². The highest BCUT2D eigenvalue weighted by Gasteiger charge is 2.42. The maximum absolute atomic E-state index is 13.0. The fraction of sp³-hybridized carbons (Fsp3) is 0.562. The Labute approximate surface area is 140 Å². The fourth-order valence-electron chi connectivity index (χ4n) is 3.54. The topological polar surface area (TPSA) is 61.2 Å². The van der Waals surface area contributed by atoms with Crippen molar-refractivity contribution in [2.24, 2.45) is 11.8 Å². The molecule has 0 N–H and O–H groups in total. The van der Waals surface area contributed by atoms with Crippen molar-refractivity contribution in [1.82, 2.24) is 4.31 Å². The summed E-state index contributed by atoms with van der Waals surface area (Å²) in [6, 6.07) is 2.20. The standard InChI is InChI=1S/C16H19BrN2O2S/c1-11-8-15(4-2-13(11)10-18)22(20,21)19-7-6-12-9-14(17)3-5-16(12)19/h2-4,9,11,13,15-16H,5-8H2,1H3. The fourth-order valence-corrected chi connectivity index (χ4v) is 6.13. The molecule has 0 radical (unpaired) electrons. The van der Waals surface area contributed by atoms with E-state index < -0.39 is 15.3 Å². The molecule has 22 heavy (non-hydrogen) atoms. The number of nitrogens with zero attached hydrogens (tertiary/aromatic N) is 2. The maximum Gasteiger partial charge on any atom is 0.221 e. The summed E-state index contributed by atoms with van der Waals surface area (Å²) in [5.41, 5.74) is 1.20. The zero-order valence-electron chi connectivity index (χ0n) is 12.4. The summed E-state index contributed by atoms with van der Waals surface area (Å²) in [6.07, 6.45) is 9.64. The molecule has 0 aromatic rings. The molecule has 1 saturated heterocycles. The lowest BCUT2D eigenvalue weighted by molar-refractivity contribution is 0.386. The number of sulfonamides is 1. The van der Waals surface area contributed by atoms with Crippen LogP contribution in [-0.4, -0.2) is 30.6 Å². The minimum absolute atomic E-state index is 0.0244. The monoisotopic (exact) mass is 382 g/mol. The Kier molecular flexibility index (Phi) is 4.32. The number of nitriles is 1. The van der Waals surface area contributed by atoms with Gasteiger partial charge in [0.15, 0.2) is 0 Å². The quantitative estimate of drug-likeness (QED) is 0.689. The molecule has 0 aromatic carbocycles. The van der Waals surface area contributed by atoms with Gasteiger partial charge in [-0.3, -0.25) is 0 Å². The molecule has 4 nitrogen and oxygen atoms in total. The average molecular weight is 383 g/mol. The van der Waals surface area contributed by atoms with Gasteiger partial charge in [0.1, 0.15) is 0 Å². The number of rotatable bonds is 2. The molecule has 1 heterocycles. The molecular formula is C16H19BrN2O2S. The third-order valence-electron chi connectivity index (χ3n) is 4.86. The number of halogens is 1. The van der Waals surface area contributed by atoms with Gasteiger partial charge in [-0.25, -0.2) is 8.42 Å². The van der Waals surface area contributed by atoms with Crippen molar-refractivity contribution in [1.29, 1.82) is 5.26 Å². The summed E-state index contributed by atoms with van der Waals surface area (Å²) < 4.78 is 28.7. The average Bonchev–Trinajstić information content (AvgIpc) is 2.90. The van der Waals surface area contributed by atoms with Crippen LogP contribution in [0.15, 0.2) is 34.4 Å². The second-order valence-electron chi connectivity index (χ2n) is 6.26. The highest BCUT2D eigenvalue weighted by Crippen LogP contribution is 2.38. The van der Waals surface area contributed by atoms with Crippen LogP contribution in [0, 0.1) is 23.2 Å². The van der Waals surface area contributed by atoms with Crippen molar-refractivity contribution in [2.75, 3.05) is 6.54 Å². The van der Waals surface area contributed by atoms with Crippen LogP contribution >= 0.6 is 15.9 Å². The third kappa shape index (κ3) is 2.70. The van der Waals surface area contributed by atoms with E-state index in [1.807, 2.05) is 13.0 Å². The second kappa shape index (κ2) is 5.95. The Morgan fingerprint density at radius 3 is 2.86 bits per heavy atom. The van der Waals surface area contributed by atoms with Gasteiger partial charge in [0.05, 0.1) is 17.2 Å². The molecule has 3 aliphatic rings. The molecule has 4 unspecified atom stereocenters. The Morgan fingerprint density at radius 2 is 2.18 bits per heavy atom. The van der Waals surface area contributed by atoms with Crippen molar-refractivity contribution >= 4 is 26.0 Å². The van der Waals surface area contributed by atoms with E-state index in [9.17, 15) is 8.42 Å². The summed E-state index contributed by atoms with van der Waals surface area (Å²) >= 11 is 3.47. The molecular weight excluding hydrogens is 364 g/mol. The van der Waals surface area contributed by atoms with E-state index in [1.54, 1.807) is 16.5 Å². The SMILES string of the molecule is CC1CC(S(=O)(=O)N2CCC3=CC(Br)=CCC32)C=CC1C#N. The Morgan fingerprint density at radius 1 is 1.41 bits per heavy atom. The van der Waals surface area contributed by atoms with Crippen molar-refractivity contribution < 1.29 is 8.42 Å². The molecule has 0 saturated carbocycles. The van der Waals surface area contributed by atoms with Crippen LogP contribution in [0.4, 0.5) is 0 Å². The third-order valence-corrected chi connectivity index (χ3v) is 7.62. The second-order valence-corrected chi connectivity index (χ2v) is 9.28. The van der Waals surface area contributed by atoms with Crippen LogP contribution in [-0.2, 0) is 10.0 Å². The molecule has 0 amide bonds. The van der Waals surface area contributed by atoms with Crippen molar-refractivity contribution in [2.45, 2.75) is 37.5 Å². The minimum atomic E-state index is -3.36. The first-order valence-corrected chi connectivity index (χ1v) is 9.88. The summed E-state index contributed by atoms with van der Waals surface area (Å²) in [5, 5.41) is 8.56. The van der Waals surface area contributed by atoms with E-state index >= 15 is 0 Å². The van der Waals surface area contributed by atoms with Gasteiger partial charge < -0.3 is 0 Å². The number of hydrogen-bond acceptors (Lipinski definition) is 3. The predicted octanol–water partition coefficient (Wildman–Crippen LogP) is 3.10. The Bertz CT molecular complexity index is 702. The number of allylic oxidation sites excluding steroid dienone is 3. The van der Waals surface area contributed by atoms with Crippen LogP contribution in [0.2, 0.25) is 0 Å². The van der Waals surface area contributed by atoms with Crippen LogP contribution < -0.4 is 0 Å². The lowest BCUT2D eigenvalue weighted by Crippen LogP contribution is -2.43. The molecule has 0 aromatic heterocycles. The molecule has 118 valence electrons. The van der Waals surface area contributed by atoms with Gasteiger partial charge in [-0.15, -0.1) is 0 Å². The minimum Gasteiger partial charge on any atom is -0.212 e. The van der Waals surface area contributed by atoms with Crippen LogP contribution in [0.1, 0.15) is 26.2 Å². The van der Waals surface area contributed by atoms with E-state index in [-0.39, 0.29) is 17.9 Å². The molecule has 6 heteroatoms. The van der Waals surface area contributed by atoms with Crippen molar-refractivity contribution in [3.63, 3.8) is 0 Å². The first kappa shape index (κ1) is 16.0. The zero-order chi connectivity index (χ0) is 15.9. The zero-order valence-corrected chi connectivity index (χ0v) is 14.8. The summed E-state index contributed by atoms with van der Waals surface area (Å²) in [6.45, 7) is 2.52. The highest BCUT2D eigenvalue weighted by atomic mass is 79.9. The number of hydrogen-bond donors (Lipinski definition) is 0. The van der Waals surface area contributed by atoms with E-state index in [1.165, 1.54) is 5.57 Å². The van der Waals surface area contributed by atoms with Crippen LogP contribution in [0.5, 0.6) is 0 Å². The van der Waals surface area contributed by atoms with Gasteiger partial charge in [-0.2, -0.15) is 9.57 Å². The van der Waals surface area contributed by atoms with E-state index in [0.717, 1.165) is 17.3 Å². The summed E-state index contributed by atoms with van der Waals surface area (Å²) in [7, 11) is -3.36. The summed E-state index contributed by atoms with van der Waals surface area (Å²) in [4.78, 5) is 0. The van der Waals surface area contributed by atoms with Gasteiger partial charge >= 0.3 is 0 Å². The largest absolute Gasteiger partial charge is 0.221 e. The predicted molar refractivity (Wildman–Crippen MR) is 89.6 cm³/mol. The van der Waals surface area contributed by atoms with E-state index in [4.69, 9.17) is 5.26 Å². The van der Waals surface area contributed by atoms with Gasteiger partial charge in [-0.1, -0.05) is 41.1 Å². The first-order chi connectivity index (χ1) is 10.4. The first-order valence-electron chi connectivity index (χ1n) is 7.58. The molecule has 1 aliphatic heterocycles. The highest BCUT2D eigenvalue weighted by molar-refractivity contribution is 9.11. The van der Waals surface area contributed by atoms with E-state index in [0.29, 0.717) is 13.0 Å². The van der Waals surface area contributed by atoms with Gasteiger partial charge in [0, 0.05) is 17.1 Å². The van der Waals surface area contributed by atoms with Crippen molar-refractivity contribution in [3.05, 3.63) is 34.4 Å². The molecule has 4 atom stereocenters. The van der Waals surface area contributed by atoms with Crippen LogP contribution in [0.25, 0.3) is 0 Å². The molecule has 0 spiro atoms. The molecule has 1 fully saturated rings. The normalized spacial score (nSPS) is 35.5. The Hall–Kier alpha value is -0.900.